The summed E-state index contributed by atoms with van der Waals surface area (Å²) in [4.78, 5) is 0. The van der Waals surface area contributed by atoms with Gasteiger partial charge in [-0.25, -0.2) is 8.78 Å². The summed E-state index contributed by atoms with van der Waals surface area (Å²) in [5.41, 5.74) is 0.601. The van der Waals surface area contributed by atoms with E-state index in [1.54, 1.807) is 0 Å². The van der Waals surface area contributed by atoms with Crippen molar-refractivity contribution >= 4 is 11.6 Å². The maximum Gasteiger partial charge on any atom is 0.126 e. The van der Waals surface area contributed by atoms with Crippen molar-refractivity contribution < 1.29 is 13.5 Å². The van der Waals surface area contributed by atoms with E-state index in [2.05, 4.69) is 5.32 Å². The summed E-state index contributed by atoms with van der Waals surface area (Å²) in [6, 6.07) is 3.50. The van der Waals surface area contributed by atoms with Crippen LogP contribution in [0.5, 0.6) is 0 Å². The van der Waals surface area contributed by atoms with Crippen LogP contribution in [0.1, 0.15) is 12.0 Å². The van der Waals surface area contributed by atoms with Gasteiger partial charge in [0.2, 0.25) is 0 Å². The highest BCUT2D eigenvalue weighted by atomic mass is 35.5. The Bertz CT molecular complexity index is 316. The van der Waals surface area contributed by atoms with Crippen molar-refractivity contribution in [2.75, 3.05) is 25.6 Å². The standard InChI is InChI=1S/C12H16ClF2NO/c13-2-5-17-4-1-3-16-9-10-6-11(14)8-12(15)7-10/h6-8,16H,1-5,9H2. The van der Waals surface area contributed by atoms with Gasteiger partial charge < -0.3 is 10.1 Å². The lowest BCUT2D eigenvalue weighted by atomic mass is 10.2. The molecule has 1 rings (SSSR count). The first-order valence-corrected chi connectivity index (χ1v) is 6.05. The van der Waals surface area contributed by atoms with E-state index < -0.39 is 11.6 Å². The van der Waals surface area contributed by atoms with Crippen LogP contribution in [0.3, 0.4) is 0 Å². The van der Waals surface area contributed by atoms with Crippen LogP contribution in [-0.2, 0) is 11.3 Å². The van der Waals surface area contributed by atoms with Crippen LogP contribution < -0.4 is 5.32 Å². The third-order valence-electron chi connectivity index (χ3n) is 2.12. The summed E-state index contributed by atoms with van der Waals surface area (Å²) in [5, 5.41) is 3.09. The predicted octanol–water partition coefficient (Wildman–Crippen LogP) is 2.70. The molecule has 1 aromatic carbocycles. The Morgan fingerprint density at radius 1 is 1.12 bits per heavy atom. The SMILES string of the molecule is Fc1cc(F)cc(CNCCCOCCCl)c1. The van der Waals surface area contributed by atoms with Gasteiger partial charge in [-0.2, -0.15) is 0 Å². The highest BCUT2D eigenvalue weighted by molar-refractivity contribution is 6.17. The molecule has 96 valence electrons. The van der Waals surface area contributed by atoms with Gasteiger partial charge >= 0.3 is 0 Å². The number of alkyl halides is 1. The molecule has 0 atom stereocenters. The van der Waals surface area contributed by atoms with Crippen LogP contribution in [0.15, 0.2) is 18.2 Å². The molecule has 0 saturated carbocycles. The quantitative estimate of drug-likeness (QED) is 0.575. The number of hydrogen-bond donors (Lipinski definition) is 1. The molecule has 0 aliphatic heterocycles. The summed E-state index contributed by atoms with van der Waals surface area (Å²) < 4.78 is 30.9. The predicted molar refractivity (Wildman–Crippen MR) is 64.2 cm³/mol. The molecule has 0 heterocycles. The lowest BCUT2D eigenvalue weighted by Crippen LogP contribution is -2.16. The van der Waals surface area contributed by atoms with E-state index in [9.17, 15) is 8.78 Å². The van der Waals surface area contributed by atoms with Crippen molar-refractivity contribution in [3.8, 4) is 0 Å². The summed E-state index contributed by atoms with van der Waals surface area (Å²) >= 11 is 5.44. The molecule has 0 unspecified atom stereocenters. The number of rotatable bonds is 8. The topological polar surface area (TPSA) is 21.3 Å². The first kappa shape index (κ1) is 14.4. The lowest BCUT2D eigenvalue weighted by Gasteiger charge is -2.05. The highest BCUT2D eigenvalue weighted by Crippen LogP contribution is 2.07. The van der Waals surface area contributed by atoms with E-state index in [1.807, 2.05) is 0 Å². The molecule has 1 N–H and O–H groups in total. The maximum absolute atomic E-state index is 12.8. The number of ether oxygens (including phenoxy) is 1. The van der Waals surface area contributed by atoms with Crippen LogP contribution in [-0.4, -0.2) is 25.6 Å². The molecule has 0 amide bonds. The Labute approximate surface area is 105 Å². The zero-order chi connectivity index (χ0) is 12.5. The van der Waals surface area contributed by atoms with E-state index in [0.29, 0.717) is 31.2 Å². The molecule has 0 spiro atoms. The monoisotopic (exact) mass is 263 g/mol. The maximum atomic E-state index is 12.8. The fraction of sp³-hybridized carbons (Fsp3) is 0.500. The summed E-state index contributed by atoms with van der Waals surface area (Å²) in [6.45, 7) is 2.37. The van der Waals surface area contributed by atoms with Crippen LogP contribution in [0.4, 0.5) is 8.78 Å². The van der Waals surface area contributed by atoms with Gasteiger partial charge in [-0.05, 0) is 30.7 Å². The smallest absolute Gasteiger partial charge is 0.126 e. The van der Waals surface area contributed by atoms with Crippen molar-refractivity contribution in [2.24, 2.45) is 0 Å². The molecule has 0 radical (unpaired) electrons. The molecule has 1 aromatic rings. The number of nitrogens with one attached hydrogen (secondary N) is 1. The van der Waals surface area contributed by atoms with E-state index in [1.165, 1.54) is 12.1 Å². The molecule has 0 aromatic heterocycles. The van der Waals surface area contributed by atoms with Gasteiger partial charge in [0.25, 0.3) is 0 Å². The molecule has 0 aliphatic carbocycles. The zero-order valence-electron chi connectivity index (χ0n) is 9.52. The van der Waals surface area contributed by atoms with Crippen LogP contribution in [0.2, 0.25) is 0 Å². The molecule has 0 bridgehead atoms. The van der Waals surface area contributed by atoms with Gasteiger partial charge in [0.05, 0.1) is 6.61 Å². The average Bonchev–Trinajstić information content (AvgIpc) is 2.26. The largest absolute Gasteiger partial charge is 0.380 e. The highest BCUT2D eigenvalue weighted by Gasteiger charge is 1.99. The van der Waals surface area contributed by atoms with Crippen molar-refractivity contribution in [1.29, 1.82) is 0 Å². The summed E-state index contributed by atoms with van der Waals surface area (Å²) in [6.07, 6.45) is 0.842. The fourth-order valence-electron chi connectivity index (χ4n) is 1.40. The minimum absolute atomic E-state index is 0.449. The summed E-state index contributed by atoms with van der Waals surface area (Å²) in [7, 11) is 0. The van der Waals surface area contributed by atoms with Gasteiger partial charge in [0, 0.05) is 25.1 Å². The number of halogens is 3. The Kier molecular flexibility index (Phi) is 7.08. The summed E-state index contributed by atoms with van der Waals surface area (Å²) in [5.74, 6) is -0.602. The molecule has 0 fully saturated rings. The first-order chi connectivity index (χ1) is 8.22. The van der Waals surface area contributed by atoms with E-state index in [4.69, 9.17) is 16.3 Å². The second-order valence-electron chi connectivity index (χ2n) is 3.61. The van der Waals surface area contributed by atoms with Crippen molar-refractivity contribution in [3.05, 3.63) is 35.4 Å². The van der Waals surface area contributed by atoms with Gasteiger partial charge in [-0.1, -0.05) is 0 Å². The van der Waals surface area contributed by atoms with E-state index >= 15 is 0 Å². The Hall–Kier alpha value is -0.710. The van der Waals surface area contributed by atoms with Crippen molar-refractivity contribution in [2.45, 2.75) is 13.0 Å². The lowest BCUT2D eigenvalue weighted by molar-refractivity contribution is 0.146. The second kappa shape index (κ2) is 8.39. The second-order valence-corrected chi connectivity index (χ2v) is 3.99. The molecule has 17 heavy (non-hydrogen) atoms. The number of benzene rings is 1. The molecule has 5 heteroatoms. The Morgan fingerprint density at radius 2 is 1.82 bits per heavy atom. The zero-order valence-corrected chi connectivity index (χ0v) is 10.3. The van der Waals surface area contributed by atoms with Crippen molar-refractivity contribution in [1.82, 2.24) is 5.32 Å². The number of hydrogen-bond acceptors (Lipinski definition) is 2. The van der Waals surface area contributed by atoms with Crippen molar-refractivity contribution in [3.63, 3.8) is 0 Å². The minimum Gasteiger partial charge on any atom is -0.380 e. The third kappa shape index (κ3) is 6.56. The van der Waals surface area contributed by atoms with E-state index in [-0.39, 0.29) is 0 Å². The minimum atomic E-state index is -0.549. The van der Waals surface area contributed by atoms with Gasteiger partial charge in [-0.15, -0.1) is 11.6 Å². The van der Waals surface area contributed by atoms with Gasteiger partial charge in [0.1, 0.15) is 11.6 Å². The third-order valence-corrected chi connectivity index (χ3v) is 2.27. The fourth-order valence-corrected chi connectivity index (χ4v) is 1.51. The molecule has 0 saturated heterocycles. The van der Waals surface area contributed by atoms with Crippen LogP contribution >= 0.6 is 11.6 Å². The van der Waals surface area contributed by atoms with Crippen LogP contribution in [0, 0.1) is 11.6 Å². The van der Waals surface area contributed by atoms with Gasteiger partial charge in [-0.3, -0.25) is 0 Å². The normalized spacial score (nSPS) is 10.8. The van der Waals surface area contributed by atoms with E-state index in [0.717, 1.165) is 19.0 Å². The molecular formula is C12H16ClF2NO. The molecular weight excluding hydrogens is 248 g/mol. The average molecular weight is 264 g/mol. The molecule has 2 nitrogen and oxygen atoms in total. The Balaban J connectivity index is 2.13. The molecule has 0 aliphatic rings. The Morgan fingerprint density at radius 3 is 2.47 bits per heavy atom. The van der Waals surface area contributed by atoms with Crippen LogP contribution in [0.25, 0.3) is 0 Å². The first-order valence-electron chi connectivity index (χ1n) is 5.52. The van der Waals surface area contributed by atoms with Gasteiger partial charge in [0.15, 0.2) is 0 Å².